The van der Waals surface area contributed by atoms with Gasteiger partial charge >= 0.3 is 35.6 Å². The van der Waals surface area contributed by atoms with Crippen LogP contribution in [0.1, 0.15) is 19.4 Å². The van der Waals surface area contributed by atoms with E-state index in [4.69, 9.17) is 28.7 Å². The van der Waals surface area contributed by atoms with Crippen LogP contribution < -0.4 is 4.74 Å². The van der Waals surface area contributed by atoms with Gasteiger partial charge in [0, 0.05) is 6.04 Å². The van der Waals surface area contributed by atoms with Crippen molar-refractivity contribution in [1.82, 2.24) is 4.57 Å². The molecule has 1 saturated heterocycles. The first-order valence-corrected chi connectivity index (χ1v) is 21.3. The standard InChI is InChI=1S/C32H39N2OSi.CH3.2ClH.Ti/c1-21(2)32-33-30-24(22-17-19-23(35-3)20-18-22)15-10-16-29(30)34(32)36(4,5)31-27-13-8-6-11-25(27)26-12-7-9-14-28(26)31;;;;/h6-21,25-32H,1-5H3;1H3;2*1H;/q2*-1;;;+2/p-2/t25?,26?,27?,28?,29-,30?,31?,32+;;;;/m1..../s1. The molecule has 1 saturated carbocycles. The first-order chi connectivity index (χ1) is 18.8. The SMILES string of the molecule is COc1ccc(C2=CC=C[C@@H]3C2[N-][C@H](C(C)C)N3[Si](C)(C)C2C3C=CC=CC3C3C=CC=CC32)cc1.[CH3-].[Cl][Ti][Cl]. The van der Waals surface area contributed by atoms with E-state index in [1.54, 1.807) is 7.11 Å². The second-order valence-corrected chi connectivity index (χ2v) is 19.1. The molecule has 7 heteroatoms. The fraction of sp³-hybridized carbons (Fsp3) is 0.424. The van der Waals surface area contributed by atoms with Crippen molar-refractivity contribution in [3.8, 4) is 5.75 Å². The van der Waals surface area contributed by atoms with Gasteiger partial charge in [-0.3, -0.25) is 0 Å². The van der Waals surface area contributed by atoms with Gasteiger partial charge in [-0.1, -0.05) is 130 Å². The first-order valence-electron chi connectivity index (χ1n) is 14.0. The molecule has 1 heterocycles. The summed E-state index contributed by atoms with van der Waals surface area (Å²) in [7, 11) is 9.54. The third kappa shape index (κ3) is 5.75. The van der Waals surface area contributed by atoms with Gasteiger partial charge in [0.05, 0.1) is 7.11 Å². The van der Waals surface area contributed by atoms with Crippen molar-refractivity contribution in [2.24, 2.45) is 29.6 Å². The van der Waals surface area contributed by atoms with E-state index in [0.717, 1.165) is 5.75 Å². The fourth-order valence-electron chi connectivity index (χ4n) is 7.90. The molecule has 5 aliphatic rings. The minimum atomic E-state index is -1.96. The maximum absolute atomic E-state index is 5.58. The van der Waals surface area contributed by atoms with E-state index in [9.17, 15) is 0 Å². The number of halogens is 2. The Hall–Kier alpha value is -1.11. The zero-order chi connectivity index (χ0) is 27.7. The van der Waals surface area contributed by atoms with E-state index in [1.807, 2.05) is 0 Å². The molecule has 2 fully saturated rings. The Morgan fingerprint density at radius 1 is 0.850 bits per heavy atom. The third-order valence-corrected chi connectivity index (χ3v) is 13.7. The average molecular weight is 630 g/mol. The molecular formula is C33H42Cl2N2OSiTi-2. The van der Waals surface area contributed by atoms with E-state index in [0.29, 0.717) is 41.2 Å². The van der Waals surface area contributed by atoms with E-state index in [2.05, 4.69) is 123 Å². The number of hydrogen-bond donors (Lipinski definition) is 0. The van der Waals surface area contributed by atoms with Crippen molar-refractivity contribution >= 4 is 32.4 Å². The summed E-state index contributed by atoms with van der Waals surface area (Å²) in [5.41, 5.74) is 3.25. The molecule has 40 heavy (non-hydrogen) atoms. The van der Waals surface area contributed by atoms with Crippen LogP contribution in [-0.4, -0.2) is 38.2 Å². The van der Waals surface area contributed by atoms with Crippen LogP contribution in [-0.2, 0) is 17.0 Å². The topological polar surface area (TPSA) is 26.6 Å². The van der Waals surface area contributed by atoms with Crippen LogP contribution in [0.2, 0.25) is 18.6 Å². The Kier molecular flexibility index (Phi) is 10.7. The van der Waals surface area contributed by atoms with E-state index < -0.39 is 25.3 Å². The van der Waals surface area contributed by atoms with E-state index in [-0.39, 0.29) is 19.6 Å². The summed E-state index contributed by atoms with van der Waals surface area (Å²) in [5.74, 6) is 3.81. The van der Waals surface area contributed by atoms with Crippen molar-refractivity contribution in [1.29, 1.82) is 0 Å². The quantitative estimate of drug-likeness (QED) is 0.240. The van der Waals surface area contributed by atoms with Crippen LogP contribution in [0.15, 0.2) is 91.1 Å². The van der Waals surface area contributed by atoms with Gasteiger partial charge in [0.2, 0.25) is 0 Å². The van der Waals surface area contributed by atoms with E-state index >= 15 is 0 Å². The van der Waals surface area contributed by atoms with Crippen LogP contribution in [0.25, 0.3) is 10.9 Å². The molecule has 4 aliphatic carbocycles. The van der Waals surface area contributed by atoms with Gasteiger partial charge in [0.25, 0.3) is 0 Å². The summed E-state index contributed by atoms with van der Waals surface area (Å²) in [4.78, 5) is 0. The molecule has 0 aromatic heterocycles. The van der Waals surface area contributed by atoms with Gasteiger partial charge in [0.1, 0.15) is 14.0 Å². The molecule has 3 nitrogen and oxygen atoms in total. The van der Waals surface area contributed by atoms with Gasteiger partial charge in [-0.05, 0) is 46.9 Å². The molecule has 0 radical (unpaired) electrons. The van der Waals surface area contributed by atoms with Crippen molar-refractivity contribution in [2.45, 2.75) is 50.7 Å². The Morgan fingerprint density at radius 2 is 1.38 bits per heavy atom. The second kappa shape index (κ2) is 13.5. The average Bonchev–Trinajstić information content (AvgIpc) is 3.51. The summed E-state index contributed by atoms with van der Waals surface area (Å²) >= 11 is -0.556. The zero-order valence-corrected chi connectivity index (χ0v) is 28.5. The molecule has 5 unspecified atom stereocenters. The normalized spacial score (nSPS) is 33.4. The third-order valence-electron chi connectivity index (χ3n) is 9.36. The van der Waals surface area contributed by atoms with E-state index in [1.165, 1.54) is 11.1 Å². The number of allylic oxidation sites excluding steroid dienone is 10. The Labute approximate surface area is 259 Å². The number of nitrogens with zero attached hydrogens (tertiary/aromatic N) is 2. The Balaban J connectivity index is 0.000000886. The monoisotopic (exact) mass is 628 g/mol. The van der Waals surface area contributed by atoms with Crippen molar-refractivity contribution < 1.29 is 21.8 Å². The summed E-state index contributed by atoms with van der Waals surface area (Å²) in [6.45, 7) is 10.00. The van der Waals surface area contributed by atoms with Crippen LogP contribution in [0.5, 0.6) is 5.75 Å². The number of hydrogen-bond acceptors (Lipinski definition) is 2. The van der Waals surface area contributed by atoms with Gasteiger partial charge in [0.15, 0.2) is 0 Å². The molecule has 0 amide bonds. The number of rotatable bonds is 5. The number of fused-ring (bicyclic) bond motifs is 4. The van der Waals surface area contributed by atoms with Crippen molar-refractivity contribution in [2.75, 3.05) is 7.11 Å². The van der Waals surface area contributed by atoms with Gasteiger partial charge in [-0.15, -0.1) is 0 Å². The predicted octanol–water partition coefficient (Wildman–Crippen LogP) is 9.19. The Bertz CT molecular complexity index is 1170. The molecule has 0 spiro atoms. The van der Waals surface area contributed by atoms with Gasteiger partial charge < -0.3 is 22.0 Å². The summed E-state index contributed by atoms with van der Waals surface area (Å²) in [6, 6.07) is 9.02. The molecule has 0 N–H and O–H groups in total. The summed E-state index contributed by atoms with van der Waals surface area (Å²) in [6.07, 6.45) is 26.4. The molecule has 0 bridgehead atoms. The minimum absolute atomic E-state index is 0. The predicted molar refractivity (Wildman–Crippen MR) is 171 cm³/mol. The van der Waals surface area contributed by atoms with Crippen molar-refractivity contribution in [3.63, 3.8) is 0 Å². The number of ether oxygens (including phenoxy) is 1. The second-order valence-electron chi connectivity index (χ2n) is 12.0. The Morgan fingerprint density at radius 3 is 1.88 bits per heavy atom. The molecule has 1 aliphatic heterocycles. The van der Waals surface area contributed by atoms with Crippen molar-refractivity contribution in [3.05, 3.63) is 109 Å². The number of methoxy groups -OCH3 is 1. The molecule has 6 rings (SSSR count). The summed E-state index contributed by atoms with van der Waals surface area (Å²) in [5, 5.41) is 5.58. The van der Waals surface area contributed by atoms with Gasteiger partial charge in [-0.25, -0.2) is 0 Å². The first kappa shape index (κ1) is 31.8. The molecule has 1 aromatic rings. The fourth-order valence-corrected chi connectivity index (χ4v) is 12.8. The molecule has 7 atom stereocenters. The van der Waals surface area contributed by atoms with Crippen LogP contribution in [0.3, 0.4) is 0 Å². The summed E-state index contributed by atoms with van der Waals surface area (Å²) < 4.78 is 8.35. The number of benzene rings is 1. The zero-order valence-electron chi connectivity index (χ0n) is 24.4. The maximum atomic E-state index is 5.58. The van der Waals surface area contributed by atoms with Gasteiger partial charge in [-0.2, -0.15) is 0 Å². The molecular weight excluding hydrogens is 587 g/mol. The van der Waals surface area contributed by atoms with Crippen LogP contribution in [0, 0.1) is 37.0 Å². The molecule has 214 valence electrons. The van der Waals surface area contributed by atoms with Crippen LogP contribution in [0.4, 0.5) is 0 Å². The van der Waals surface area contributed by atoms with Crippen LogP contribution >= 0.6 is 18.6 Å². The molecule has 1 aromatic carbocycles.